The van der Waals surface area contributed by atoms with Crippen molar-refractivity contribution in [3.8, 4) is 0 Å². The number of nitrogens with one attached hydrogen (secondary N) is 2. The minimum Gasteiger partial charge on any atom is -0.447 e. The molecule has 0 aliphatic carbocycles. The van der Waals surface area contributed by atoms with Crippen LogP contribution in [0.5, 0.6) is 0 Å². The van der Waals surface area contributed by atoms with E-state index in [1.807, 2.05) is 52.4 Å². The first-order valence-electron chi connectivity index (χ1n) is 28.3. The Balaban J connectivity index is -0.000000476. The van der Waals surface area contributed by atoms with Crippen LogP contribution in [0.3, 0.4) is 0 Å². The number of carbonyl (C=O) groups excluding carboxylic acids is 4. The smallest absolute Gasteiger partial charge is 0.447 e. The number of cyclic esters (lactones) is 4. The van der Waals surface area contributed by atoms with Crippen molar-refractivity contribution in [1.82, 2.24) is 10.6 Å². The number of alkyl carbamates (subject to hydrolysis) is 2. The van der Waals surface area contributed by atoms with Crippen molar-refractivity contribution in [3.63, 3.8) is 0 Å². The molecule has 0 radical (unpaired) electrons. The molecule has 504 valence electrons. The summed E-state index contributed by atoms with van der Waals surface area (Å²) in [5, 5.41) is 40.0. The number of rotatable bonds is 28. The second-order valence-electron chi connectivity index (χ2n) is 27.7. The highest BCUT2D eigenvalue weighted by atomic mass is 28.5. The number of aliphatic hydroxyl groups excluding tert-OH is 4. The molecule has 26 nitrogen and oxygen atoms in total. The van der Waals surface area contributed by atoms with Crippen LogP contribution in [0.15, 0.2) is 0 Å². The zero-order valence-corrected chi connectivity index (χ0v) is 68.9. The third-order valence-corrected chi connectivity index (χ3v) is 47.3. The van der Waals surface area contributed by atoms with Gasteiger partial charge in [0.05, 0.1) is 19.8 Å². The largest absolute Gasteiger partial charge is 0.508 e. The lowest BCUT2D eigenvalue weighted by Gasteiger charge is -2.37. The van der Waals surface area contributed by atoms with Crippen LogP contribution in [0.2, 0.25) is 183 Å². The molecule has 2 aliphatic heterocycles. The molecule has 10 N–H and O–H groups in total. The molecule has 38 heteroatoms. The Hall–Kier alpha value is -0.877. The normalized spacial score (nSPS) is 15.8. The average molecular weight is 1420 g/mol. The highest BCUT2D eigenvalue weighted by molar-refractivity contribution is 6.90. The van der Waals surface area contributed by atoms with E-state index in [-0.39, 0.29) is 33.0 Å². The SMILES string of the molecule is C[Si](C)(C)O[Si](C)(C)O[Si](C)(C)CN.C[Si](C)(C)O[Si](C)(C)O[Si](C)(C)CN.C[Si](C)(C)O[Si](C)(C)O[Si](C)(C)CNC(=O)OCC(O)CO.C[Si](C)(C)O[Si](C)(C)O[Si](C)(C)CNC(=O)OCCO.O=C1OCC(CO)O1.O=C1OCCO1. The quantitative estimate of drug-likeness (QED) is 0.0212. The minimum absolute atomic E-state index is 0.00759. The Bertz CT molecular complexity index is 1820. The molecule has 0 bridgehead atoms. The van der Waals surface area contributed by atoms with Gasteiger partial charge in [-0.25, -0.2) is 19.2 Å². The summed E-state index contributed by atoms with van der Waals surface area (Å²) in [7, 11) is -22.1. The molecule has 0 spiro atoms. The van der Waals surface area contributed by atoms with Gasteiger partial charge in [-0.15, -0.1) is 0 Å². The van der Waals surface area contributed by atoms with E-state index in [0.29, 0.717) is 37.9 Å². The van der Waals surface area contributed by atoms with E-state index in [0.717, 1.165) is 0 Å². The predicted octanol–water partition coefficient (Wildman–Crippen LogP) is 7.59. The number of amides is 2. The van der Waals surface area contributed by atoms with Crippen LogP contribution >= 0.6 is 0 Å². The van der Waals surface area contributed by atoms with E-state index in [2.05, 4.69) is 161 Å². The van der Waals surface area contributed by atoms with Gasteiger partial charge >= 0.3 is 58.7 Å². The Morgan fingerprint density at radius 1 is 0.488 bits per heavy atom. The lowest BCUT2D eigenvalue weighted by Crippen LogP contribution is -2.55. The zero-order chi connectivity index (χ0) is 67.3. The molecule has 0 aromatic carbocycles. The van der Waals surface area contributed by atoms with Gasteiger partial charge in [0.1, 0.15) is 39.1 Å². The second-order valence-corrected chi connectivity index (χ2v) is 78.0. The number of ether oxygens (including phenoxy) is 6. The van der Waals surface area contributed by atoms with Crippen molar-refractivity contribution < 1.29 is 101 Å². The summed E-state index contributed by atoms with van der Waals surface area (Å²) in [6, 6.07) is 0. The molecule has 2 amide bonds. The highest BCUT2D eigenvalue weighted by Crippen LogP contribution is 2.23. The zero-order valence-electron chi connectivity index (χ0n) is 56.9. The fourth-order valence-electron chi connectivity index (χ4n) is 7.63. The second kappa shape index (κ2) is 39.4. The van der Waals surface area contributed by atoms with E-state index >= 15 is 0 Å². The van der Waals surface area contributed by atoms with Crippen LogP contribution in [0.4, 0.5) is 19.2 Å². The molecular formula is C46H120N4O22Si12. The first-order valence-corrected chi connectivity index (χ1v) is 65.6. The molecule has 0 aromatic heterocycles. The van der Waals surface area contributed by atoms with E-state index < -0.39 is 144 Å². The molecule has 0 saturated carbocycles. The van der Waals surface area contributed by atoms with Crippen molar-refractivity contribution in [3.05, 3.63) is 0 Å². The lowest BCUT2D eigenvalue weighted by molar-refractivity contribution is 0.0324. The number of nitrogens with two attached hydrogens (primary N) is 2. The Morgan fingerprint density at radius 2 is 0.798 bits per heavy atom. The van der Waals surface area contributed by atoms with Gasteiger partial charge in [0.25, 0.3) is 0 Å². The maximum atomic E-state index is 11.5. The standard InChI is InChI=1S/C12H31NO6Si3.C11H29NO5Si3.2C8H25NO2Si3.C4H6O4.C3H4O3/c1-20(2,3)18-22(6,7)19-21(4,5)10-13-12(16)17-9-11(15)8-14;1-18(2,3)16-20(6,7)17-19(4,5)10-12-11(14)15-9-8-13;2*1-12(2,3)10-14(6,7)11-13(4,5)8-9;5-1-3-2-7-4(6)8-3;4-3-5-1-2-6-3/h11,14-15H,8-10H2,1-7H3,(H,13,16);13H,8-10H2,1-7H3,(H,12,14);2*8-9H2,1-7H3;3,5H,1-2H2;1-2H2. The first kappa shape index (κ1) is 89.5. The summed E-state index contributed by atoms with van der Waals surface area (Å²) in [5.74, 6) is 0. The topological polar surface area (TPSA) is 355 Å². The molecule has 2 saturated heterocycles. The van der Waals surface area contributed by atoms with Gasteiger partial charge in [0.15, 0.2) is 72.6 Å². The van der Waals surface area contributed by atoms with Gasteiger partial charge < -0.3 is 104 Å². The summed E-state index contributed by atoms with van der Waals surface area (Å²) < 4.78 is 76.0. The Labute approximate surface area is 518 Å². The Kier molecular flexibility index (Phi) is 42.0. The maximum Gasteiger partial charge on any atom is 0.508 e. The number of carbonyl (C=O) groups is 4. The molecule has 2 aliphatic rings. The van der Waals surface area contributed by atoms with Crippen LogP contribution in [0, 0.1) is 0 Å². The number of hydrogen-bond acceptors (Lipinski definition) is 24. The summed E-state index contributed by atoms with van der Waals surface area (Å²) in [4.78, 5) is 42.7. The van der Waals surface area contributed by atoms with Crippen molar-refractivity contribution in [2.45, 2.75) is 196 Å². The lowest BCUT2D eigenvalue weighted by atomic mass is 10.4. The van der Waals surface area contributed by atoms with Gasteiger partial charge in [-0.3, -0.25) is 0 Å². The Morgan fingerprint density at radius 3 is 1.01 bits per heavy atom. The third-order valence-electron chi connectivity index (χ3n) is 8.92. The molecule has 2 fully saturated rings. The van der Waals surface area contributed by atoms with Gasteiger partial charge in [0.2, 0.25) is 0 Å². The van der Waals surface area contributed by atoms with Gasteiger partial charge in [-0.05, 0) is 183 Å². The average Bonchev–Trinajstić information content (AvgIpc) is 3.92. The van der Waals surface area contributed by atoms with E-state index in [9.17, 15) is 19.2 Å². The molecule has 0 aromatic rings. The fraction of sp³-hybridized carbons (Fsp3) is 0.913. The van der Waals surface area contributed by atoms with Crippen molar-refractivity contribution in [2.24, 2.45) is 11.5 Å². The van der Waals surface area contributed by atoms with E-state index in [1.165, 1.54) is 0 Å². The molecule has 2 atom stereocenters. The van der Waals surface area contributed by atoms with Gasteiger partial charge in [-0.1, -0.05) is 0 Å². The third kappa shape index (κ3) is 58.8. The van der Waals surface area contributed by atoms with Crippen LogP contribution in [-0.2, 0) is 61.3 Å². The predicted molar refractivity (Wildman–Crippen MR) is 360 cm³/mol. The minimum atomic E-state index is -2.23. The molecule has 2 heterocycles. The summed E-state index contributed by atoms with van der Waals surface area (Å²) >= 11 is 0. The van der Waals surface area contributed by atoms with Gasteiger partial charge in [0, 0.05) is 24.7 Å². The van der Waals surface area contributed by atoms with E-state index in [1.54, 1.807) is 0 Å². The maximum absolute atomic E-state index is 11.5. The number of hydrogen-bond donors (Lipinski definition) is 8. The molecular weight excluding hydrogens is 1300 g/mol. The first-order chi connectivity index (χ1) is 37.3. The van der Waals surface area contributed by atoms with E-state index in [4.69, 9.17) is 74.3 Å². The summed E-state index contributed by atoms with van der Waals surface area (Å²) in [5.41, 5.74) is 11.4. The van der Waals surface area contributed by atoms with Crippen molar-refractivity contribution >= 4 is 125 Å². The van der Waals surface area contributed by atoms with Crippen LogP contribution in [0.1, 0.15) is 0 Å². The van der Waals surface area contributed by atoms with Gasteiger partial charge in [-0.2, -0.15) is 0 Å². The molecule has 2 rings (SSSR count). The molecule has 2 unspecified atom stereocenters. The van der Waals surface area contributed by atoms with Crippen molar-refractivity contribution in [1.29, 1.82) is 0 Å². The monoisotopic (exact) mass is 1420 g/mol. The summed E-state index contributed by atoms with van der Waals surface area (Å²) in [6.07, 6.45) is -1.69. The number of aliphatic hydroxyl groups is 4. The summed E-state index contributed by atoms with van der Waals surface area (Å²) in [6.45, 7) is 59.3. The van der Waals surface area contributed by atoms with Crippen molar-refractivity contribution in [2.75, 3.05) is 77.5 Å². The van der Waals surface area contributed by atoms with Crippen LogP contribution < -0.4 is 22.1 Å². The highest BCUT2D eigenvalue weighted by Gasteiger charge is 2.41. The fourth-order valence-corrected chi connectivity index (χ4v) is 57.1. The molecule has 84 heavy (non-hydrogen) atoms. The van der Waals surface area contributed by atoms with Crippen LogP contribution in [-0.4, -0.2) is 235 Å². The van der Waals surface area contributed by atoms with Crippen LogP contribution in [0.25, 0.3) is 0 Å².